The molecule has 0 aromatic rings. The Labute approximate surface area is 123 Å². The van der Waals surface area contributed by atoms with E-state index in [1.807, 2.05) is 20.8 Å². The van der Waals surface area contributed by atoms with Gasteiger partial charge in [0, 0.05) is 32.1 Å². The van der Waals surface area contributed by atoms with Crippen LogP contribution in [0.25, 0.3) is 0 Å². The number of hydrogen-bond donors (Lipinski definition) is 1. The van der Waals surface area contributed by atoms with E-state index >= 15 is 0 Å². The van der Waals surface area contributed by atoms with Crippen LogP contribution in [0.1, 0.15) is 40.0 Å². The molecule has 1 fully saturated rings. The number of rotatable bonds is 6. The zero-order valence-electron chi connectivity index (χ0n) is 13.1. The molecule has 1 aliphatic rings. The van der Waals surface area contributed by atoms with Crippen molar-refractivity contribution in [3.63, 3.8) is 0 Å². The minimum Gasteiger partial charge on any atom is -0.396 e. The molecule has 0 aromatic heterocycles. The number of hydrogen-bond acceptors (Lipinski definition) is 3. The minimum atomic E-state index is -3.40. The molecule has 5 nitrogen and oxygen atoms in total. The highest BCUT2D eigenvalue weighted by atomic mass is 32.2. The lowest BCUT2D eigenvalue weighted by atomic mass is 9.78. The smallest absolute Gasteiger partial charge is 0.281 e. The van der Waals surface area contributed by atoms with Crippen LogP contribution in [0.15, 0.2) is 11.6 Å². The van der Waals surface area contributed by atoms with Crippen molar-refractivity contribution in [3.8, 4) is 0 Å². The van der Waals surface area contributed by atoms with Gasteiger partial charge in [0.25, 0.3) is 10.2 Å². The number of aliphatic hydroxyl groups excluding tert-OH is 1. The molecule has 1 aliphatic heterocycles. The summed E-state index contributed by atoms with van der Waals surface area (Å²) in [6, 6.07) is 0. The fourth-order valence-electron chi connectivity index (χ4n) is 2.50. The van der Waals surface area contributed by atoms with Gasteiger partial charge in [-0.15, -0.1) is 0 Å². The van der Waals surface area contributed by atoms with Gasteiger partial charge in [-0.1, -0.05) is 18.6 Å². The Hall–Kier alpha value is -0.430. The molecule has 0 bridgehead atoms. The maximum atomic E-state index is 12.4. The van der Waals surface area contributed by atoms with Crippen molar-refractivity contribution in [2.45, 2.75) is 40.0 Å². The van der Waals surface area contributed by atoms with E-state index in [9.17, 15) is 13.5 Å². The largest absolute Gasteiger partial charge is 0.396 e. The number of piperidine rings is 1. The van der Waals surface area contributed by atoms with Gasteiger partial charge < -0.3 is 5.11 Å². The summed E-state index contributed by atoms with van der Waals surface area (Å²) in [6.07, 6.45) is 4.49. The average Bonchev–Trinajstić information content (AvgIpc) is 2.44. The Kier molecular flexibility index (Phi) is 6.19. The van der Waals surface area contributed by atoms with Crippen molar-refractivity contribution in [3.05, 3.63) is 11.6 Å². The van der Waals surface area contributed by atoms with Crippen LogP contribution in [0.2, 0.25) is 0 Å². The third-order valence-electron chi connectivity index (χ3n) is 4.07. The quantitative estimate of drug-likeness (QED) is 0.759. The minimum absolute atomic E-state index is 0.0264. The van der Waals surface area contributed by atoms with Gasteiger partial charge >= 0.3 is 0 Å². The summed E-state index contributed by atoms with van der Waals surface area (Å²) >= 11 is 0. The normalized spacial score (nSPS) is 24.9. The molecule has 0 amide bonds. The molecule has 20 heavy (non-hydrogen) atoms. The van der Waals surface area contributed by atoms with Crippen LogP contribution in [0, 0.1) is 5.41 Å². The van der Waals surface area contributed by atoms with E-state index in [-0.39, 0.29) is 12.0 Å². The first-order valence-corrected chi connectivity index (χ1v) is 8.63. The van der Waals surface area contributed by atoms with E-state index in [2.05, 4.69) is 6.08 Å². The molecule has 0 unspecified atom stereocenters. The fourth-order valence-corrected chi connectivity index (χ4v) is 4.02. The van der Waals surface area contributed by atoms with E-state index in [4.69, 9.17) is 0 Å². The van der Waals surface area contributed by atoms with Crippen molar-refractivity contribution in [1.82, 2.24) is 8.61 Å². The monoisotopic (exact) mass is 304 g/mol. The van der Waals surface area contributed by atoms with Gasteiger partial charge in [0.05, 0.1) is 6.61 Å². The van der Waals surface area contributed by atoms with Crippen molar-refractivity contribution >= 4 is 10.2 Å². The molecule has 1 heterocycles. The molecule has 0 aromatic carbocycles. The first-order valence-electron chi connectivity index (χ1n) is 7.23. The molecular weight excluding hydrogens is 276 g/mol. The molecule has 1 atom stereocenters. The third kappa shape index (κ3) is 4.04. The standard InChI is InChI=1S/C14H28N2O3S/c1-5-15(4)20(18,19)16-10-6-8-14(11-16,12-17)9-7-13(2)3/h7,17H,5-6,8-12H2,1-4H3/t14-/m1/s1. The molecular formula is C14H28N2O3S. The SMILES string of the molecule is CCN(C)S(=O)(=O)N1CCC[C@@](CO)(CC=C(C)C)C1. The maximum absolute atomic E-state index is 12.4. The van der Waals surface area contributed by atoms with Crippen molar-refractivity contribution in [2.24, 2.45) is 5.41 Å². The van der Waals surface area contributed by atoms with Crippen molar-refractivity contribution in [2.75, 3.05) is 33.3 Å². The topological polar surface area (TPSA) is 60.9 Å². The van der Waals surface area contributed by atoms with E-state index in [1.165, 1.54) is 14.2 Å². The second-order valence-corrected chi connectivity index (χ2v) is 8.04. The van der Waals surface area contributed by atoms with E-state index in [1.54, 1.807) is 7.05 Å². The van der Waals surface area contributed by atoms with Gasteiger partial charge in [-0.2, -0.15) is 17.0 Å². The second kappa shape index (κ2) is 7.02. The van der Waals surface area contributed by atoms with E-state index in [0.717, 1.165) is 19.3 Å². The van der Waals surface area contributed by atoms with Crippen LogP contribution in [0.5, 0.6) is 0 Å². The molecule has 0 spiro atoms. The number of allylic oxidation sites excluding steroid dienone is 2. The Balaban J connectivity index is 2.91. The van der Waals surface area contributed by atoms with Crippen LogP contribution in [0.4, 0.5) is 0 Å². The van der Waals surface area contributed by atoms with E-state index < -0.39 is 10.2 Å². The molecule has 6 heteroatoms. The molecule has 118 valence electrons. The zero-order chi connectivity index (χ0) is 15.4. The Morgan fingerprint density at radius 3 is 2.60 bits per heavy atom. The third-order valence-corrected chi connectivity index (χ3v) is 6.08. The van der Waals surface area contributed by atoms with Gasteiger partial charge in [0.1, 0.15) is 0 Å². The highest BCUT2D eigenvalue weighted by molar-refractivity contribution is 7.86. The van der Waals surface area contributed by atoms with Crippen molar-refractivity contribution < 1.29 is 13.5 Å². The Bertz CT molecular complexity index is 443. The lowest BCUT2D eigenvalue weighted by Gasteiger charge is -2.41. The highest BCUT2D eigenvalue weighted by Gasteiger charge is 2.39. The summed E-state index contributed by atoms with van der Waals surface area (Å²) in [4.78, 5) is 0. The lowest BCUT2D eigenvalue weighted by Crippen LogP contribution is -2.51. The summed E-state index contributed by atoms with van der Waals surface area (Å²) in [6.45, 7) is 7.30. The lowest BCUT2D eigenvalue weighted by molar-refractivity contribution is 0.0647. The van der Waals surface area contributed by atoms with Crippen molar-refractivity contribution in [1.29, 1.82) is 0 Å². The Morgan fingerprint density at radius 2 is 2.10 bits per heavy atom. The van der Waals surface area contributed by atoms with Gasteiger partial charge in [-0.05, 0) is 33.1 Å². The highest BCUT2D eigenvalue weighted by Crippen LogP contribution is 2.35. The van der Waals surface area contributed by atoms with Crippen LogP contribution in [-0.4, -0.2) is 55.4 Å². The summed E-state index contributed by atoms with van der Waals surface area (Å²) in [7, 11) is -1.80. The average molecular weight is 304 g/mol. The first-order chi connectivity index (χ1) is 9.27. The van der Waals surface area contributed by atoms with Gasteiger partial charge in [0.15, 0.2) is 0 Å². The molecule has 1 N–H and O–H groups in total. The molecule has 1 rings (SSSR count). The predicted molar refractivity (Wildman–Crippen MR) is 81.6 cm³/mol. The molecule has 0 radical (unpaired) electrons. The molecule has 1 saturated heterocycles. The summed E-state index contributed by atoms with van der Waals surface area (Å²) in [5.74, 6) is 0. The fraction of sp³-hybridized carbons (Fsp3) is 0.857. The zero-order valence-corrected chi connectivity index (χ0v) is 13.9. The number of aliphatic hydroxyl groups is 1. The molecule has 0 aliphatic carbocycles. The van der Waals surface area contributed by atoms with Gasteiger partial charge in [0.2, 0.25) is 0 Å². The van der Waals surface area contributed by atoms with Crippen LogP contribution in [0.3, 0.4) is 0 Å². The maximum Gasteiger partial charge on any atom is 0.281 e. The second-order valence-electron chi connectivity index (χ2n) is 6.00. The van der Waals surface area contributed by atoms with Crippen LogP contribution < -0.4 is 0 Å². The summed E-state index contributed by atoms with van der Waals surface area (Å²) in [5.41, 5.74) is 0.862. The van der Waals surface area contributed by atoms with Crippen LogP contribution >= 0.6 is 0 Å². The van der Waals surface area contributed by atoms with Gasteiger partial charge in [-0.3, -0.25) is 0 Å². The number of nitrogens with zero attached hydrogens (tertiary/aromatic N) is 2. The summed E-state index contributed by atoms with van der Waals surface area (Å²) < 4.78 is 27.7. The molecule has 0 saturated carbocycles. The predicted octanol–water partition coefficient (Wildman–Crippen LogP) is 1.61. The van der Waals surface area contributed by atoms with Gasteiger partial charge in [-0.25, -0.2) is 0 Å². The van der Waals surface area contributed by atoms with E-state index in [0.29, 0.717) is 19.6 Å². The van der Waals surface area contributed by atoms with Crippen LogP contribution in [-0.2, 0) is 10.2 Å². The first kappa shape index (κ1) is 17.6. The Morgan fingerprint density at radius 1 is 1.45 bits per heavy atom. The summed E-state index contributed by atoms with van der Waals surface area (Å²) in [5, 5.41) is 9.77.